The van der Waals surface area contributed by atoms with Gasteiger partial charge in [0, 0.05) is 11.8 Å². The van der Waals surface area contributed by atoms with Gasteiger partial charge in [-0.15, -0.1) is 0 Å². The van der Waals surface area contributed by atoms with E-state index in [-0.39, 0.29) is 18.9 Å². The molecule has 0 saturated heterocycles. The number of nitrogens with one attached hydrogen (secondary N) is 1. The molecule has 0 atom stereocenters. The topological polar surface area (TPSA) is 84.6 Å². The summed E-state index contributed by atoms with van der Waals surface area (Å²) in [6.07, 6.45) is 2.99. The number of rotatable bonds is 5. The Morgan fingerprint density at radius 2 is 2.37 bits per heavy atom. The molecule has 1 heterocycles. The first-order valence-electron chi connectivity index (χ1n) is 5.72. The number of benzene rings is 1. The first-order valence-corrected chi connectivity index (χ1v) is 5.72. The molecule has 0 bridgehead atoms. The highest BCUT2D eigenvalue weighted by atomic mass is 16.5. The van der Waals surface area contributed by atoms with Gasteiger partial charge in [0.1, 0.15) is 5.75 Å². The lowest BCUT2D eigenvalue weighted by Crippen LogP contribution is -2.12. The van der Waals surface area contributed by atoms with Crippen LogP contribution in [0.3, 0.4) is 0 Å². The van der Waals surface area contributed by atoms with E-state index in [0.717, 1.165) is 5.56 Å². The minimum atomic E-state index is -0.253. The normalized spacial score (nSPS) is 10.2. The van der Waals surface area contributed by atoms with Crippen molar-refractivity contribution in [3.63, 3.8) is 0 Å². The molecule has 0 aliphatic heterocycles. The molecule has 6 nitrogen and oxygen atoms in total. The van der Waals surface area contributed by atoms with Crippen LogP contribution in [0.15, 0.2) is 35.2 Å². The highest BCUT2D eigenvalue weighted by Gasteiger charge is 2.11. The zero-order valence-corrected chi connectivity index (χ0v) is 10.4. The van der Waals surface area contributed by atoms with E-state index in [1.807, 2.05) is 0 Å². The number of anilines is 1. The summed E-state index contributed by atoms with van der Waals surface area (Å²) < 4.78 is 10.5. The van der Waals surface area contributed by atoms with Crippen LogP contribution in [0.25, 0.3) is 11.3 Å². The molecule has 0 aliphatic rings. The molecule has 0 spiro atoms. The number of hydrogen-bond acceptors (Lipinski definition) is 5. The number of methoxy groups -OCH3 is 1. The minimum absolute atomic E-state index is 0.0617. The Morgan fingerprint density at radius 1 is 1.53 bits per heavy atom. The number of nitrogens with zero attached hydrogens (tertiary/aromatic N) is 1. The number of amides is 1. The monoisotopic (exact) mass is 262 g/mol. The van der Waals surface area contributed by atoms with Gasteiger partial charge in [0.25, 0.3) is 0 Å². The van der Waals surface area contributed by atoms with Crippen molar-refractivity contribution < 1.29 is 19.1 Å². The van der Waals surface area contributed by atoms with Crippen molar-refractivity contribution in [3.8, 4) is 17.1 Å². The van der Waals surface area contributed by atoms with Crippen LogP contribution in [0.5, 0.6) is 5.75 Å². The molecule has 0 fully saturated rings. The molecule has 6 heteroatoms. The summed E-state index contributed by atoms with van der Waals surface area (Å²) in [4.78, 5) is 15.2. The second kappa shape index (κ2) is 6.01. The first-order chi connectivity index (χ1) is 9.24. The SMILES string of the molecule is COc1cc(NC(=O)CCO)ccc1-c1cnco1. The lowest BCUT2D eigenvalue weighted by Gasteiger charge is -2.09. The van der Waals surface area contributed by atoms with Crippen LogP contribution in [0.2, 0.25) is 0 Å². The lowest BCUT2D eigenvalue weighted by atomic mass is 10.1. The fraction of sp³-hybridized carbons (Fsp3) is 0.231. The largest absolute Gasteiger partial charge is 0.496 e. The van der Waals surface area contributed by atoms with Gasteiger partial charge in [0.2, 0.25) is 5.91 Å². The Balaban J connectivity index is 2.24. The Kier molecular flexibility index (Phi) is 4.15. The van der Waals surface area contributed by atoms with Gasteiger partial charge < -0.3 is 19.6 Å². The predicted molar refractivity (Wildman–Crippen MR) is 68.8 cm³/mol. The van der Waals surface area contributed by atoms with Gasteiger partial charge in [-0.1, -0.05) is 0 Å². The molecule has 100 valence electrons. The second-order valence-corrected chi connectivity index (χ2v) is 3.80. The molecule has 2 N–H and O–H groups in total. The molecule has 2 aromatic rings. The number of oxazole rings is 1. The zero-order chi connectivity index (χ0) is 13.7. The van der Waals surface area contributed by atoms with Crippen LogP contribution in [0, 0.1) is 0 Å². The summed E-state index contributed by atoms with van der Waals surface area (Å²) in [7, 11) is 1.54. The third kappa shape index (κ3) is 3.11. The summed E-state index contributed by atoms with van der Waals surface area (Å²) in [5.41, 5.74) is 1.35. The molecule has 0 aliphatic carbocycles. The molecule has 19 heavy (non-hydrogen) atoms. The van der Waals surface area contributed by atoms with Gasteiger partial charge >= 0.3 is 0 Å². The number of ether oxygens (including phenoxy) is 1. The van der Waals surface area contributed by atoms with Crippen LogP contribution in [0.4, 0.5) is 5.69 Å². The van der Waals surface area contributed by atoms with Crippen molar-refractivity contribution in [2.75, 3.05) is 19.0 Å². The highest BCUT2D eigenvalue weighted by molar-refractivity contribution is 5.91. The second-order valence-electron chi connectivity index (χ2n) is 3.80. The van der Waals surface area contributed by atoms with Gasteiger partial charge in [-0.2, -0.15) is 0 Å². The van der Waals surface area contributed by atoms with E-state index < -0.39 is 0 Å². The van der Waals surface area contributed by atoms with E-state index in [1.165, 1.54) is 13.5 Å². The van der Waals surface area contributed by atoms with Crippen molar-refractivity contribution in [1.29, 1.82) is 0 Å². The molecule has 1 amide bonds. The minimum Gasteiger partial charge on any atom is -0.496 e. The predicted octanol–water partition coefficient (Wildman–Crippen LogP) is 1.67. The van der Waals surface area contributed by atoms with Crippen LogP contribution in [0.1, 0.15) is 6.42 Å². The molecule has 1 aromatic heterocycles. The van der Waals surface area contributed by atoms with Gasteiger partial charge in [0.15, 0.2) is 12.2 Å². The summed E-state index contributed by atoms with van der Waals surface area (Å²) in [5, 5.41) is 11.3. The first kappa shape index (κ1) is 13.1. The number of aliphatic hydroxyl groups excluding tert-OH is 1. The summed E-state index contributed by atoms with van der Waals surface area (Å²) in [5.74, 6) is 0.903. The van der Waals surface area contributed by atoms with Crippen molar-refractivity contribution in [2.24, 2.45) is 0 Å². The fourth-order valence-electron chi connectivity index (χ4n) is 1.65. The average molecular weight is 262 g/mol. The number of aromatic nitrogens is 1. The Morgan fingerprint density at radius 3 is 3.00 bits per heavy atom. The van der Waals surface area contributed by atoms with E-state index in [2.05, 4.69) is 10.3 Å². The number of carbonyl (C=O) groups excluding carboxylic acids is 1. The third-order valence-corrected chi connectivity index (χ3v) is 2.52. The van der Waals surface area contributed by atoms with Crippen LogP contribution in [-0.4, -0.2) is 29.7 Å². The average Bonchev–Trinajstić information content (AvgIpc) is 2.92. The smallest absolute Gasteiger partial charge is 0.226 e. The van der Waals surface area contributed by atoms with E-state index in [1.54, 1.807) is 24.4 Å². The van der Waals surface area contributed by atoms with E-state index in [9.17, 15) is 4.79 Å². The van der Waals surface area contributed by atoms with Gasteiger partial charge in [0.05, 0.1) is 31.9 Å². The Labute approximate surface area is 110 Å². The van der Waals surface area contributed by atoms with Gasteiger partial charge in [-0.25, -0.2) is 4.98 Å². The van der Waals surface area contributed by atoms with E-state index >= 15 is 0 Å². The maximum absolute atomic E-state index is 11.4. The molecule has 0 radical (unpaired) electrons. The van der Waals surface area contributed by atoms with E-state index in [4.69, 9.17) is 14.3 Å². The lowest BCUT2D eigenvalue weighted by molar-refractivity contribution is -0.116. The quantitative estimate of drug-likeness (QED) is 0.856. The fourth-order valence-corrected chi connectivity index (χ4v) is 1.65. The van der Waals surface area contributed by atoms with E-state index in [0.29, 0.717) is 17.2 Å². The van der Waals surface area contributed by atoms with Gasteiger partial charge in [-0.3, -0.25) is 4.79 Å². The molecule has 0 unspecified atom stereocenters. The number of carbonyl (C=O) groups is 1. The Hall–Kier alpha value is -2.34. The Bertz CT molecular complexity index is 552. The summed E-state index contributed by atoms with van der Waals surface area (Å²) >= 11 is 0. The number of aliphatic hydroxyl groups is 1. The van der Waals surface area contributed by atoms with Crippen LogP contribution >= 0.6 is 0 Å². The van der Waals surface area contributed by atoms with Crippen molar-refractivity contribution in [3.05, 3.63) is 30.8 Å². The standard InChI is InChI=1S/C13H14N2O4/c1-18-11-6-9(15-13(17)4-5-16)2-3-10(11)12-7-14-8-19-12/h2-3,6-8,16H,4-5H2,1H3,(H,15,17). The van der Waals surface area contributed by atoms with Crippen molar-refractivity contribution in [2.45, 2.75) is 6.42 Å². The molecule has 1 aromatic carbocycles. The third-order valence-electron chi connectivity index (χ3n) is 2.52. The zero-order valence-electron chi connectivity index (χ0n) is 10.4. The maximum atomic E-state index is 11.4. The molecule has 2 rings (SSSR count). The van der Waals surface area contributed by atoms with Crippen LogP contribution < -0.4 is 10.1 Å². The van der Waals surface area contributed by atoms with Crippen LogP contribution in [-0.2, 0) is 4.79 Å². The van der Waals surface area contributed by atoms with Gasteiger partial charge in [-0.05, 0) is 12.1 Å². The summed E-state index contributed by atoms with van der Waals surface area (Å²) in [6, 6.07) is 5.19. The molecular formula is C13H14N2O4. The number of hydrogen-bond donors (Lipinski definition) is 2. The molecular weight excluding hydrogens is 248 g/mol. The summed E-state index contributed by atoms with van der Waals surface area (Å²) in [6.45, 7) is -0.181. The highest BCUT2D eigenvalue weighted by Crippen LogP contribution is 2.32. The van der Waals surface area contributed by atoms with Crippen molar-refractivity contribution in [1.82, 2.24) is 4.98 Å². The molecule has 0 saturated carbocycles. The maximum Gasteiger partial charge on any atom is 0.226 e. The van der Waals surface area contributed by atoms with Crippen molar-refractivity contribution >= 4 is 11.6 Å².